The number of pyridine rings is 1. The van der Waals surface area contributed by atoms with Crippen LogP contribution in [0.25, 0.3) is 0 Å². The first-order valence-electron chi connectivity index (χ1n) is 8.14. The molecule has 1 saturated heterocycles. The minimum atomic E-state index is -0.842. The largest absolute Gasteiger partial charge is 0.481 e. The number of carboxylic acids is 1. The van der Waals surface area contributed by atoms with Crippen LogP contribution in [0.4, 0.5) is 4.79 Å². The van der Waals surface area contributed by atoms with Gasteiger partial charge in [-0.15, -0.1) is 0 Å². The Hall–Kier alpha value is -2.31. The minimum Gasteiger partial charge on any atom is -0.481 e. The molecule has 1 fully saturated rings. The summed E-state index contributed by atoms with van der Waals surface area (Å²) in [7, 11) is 0. The molecule has 2 N–H and O–H groups in total. The molecule has 0 radical (unpaired) electrons. The summed E-state index contributed by atoms with van der Waals surface area (Å²) in [6.07, 6.45) is 3.00. The molecule has 0 saturated carbocycles. The van der Waals surface area contributed by atoms with Gasteiger partial charge < -0.3 is 20.1 Å². The first-order chi connectivity index (χ1) is 11.2. The lowest BCUT2D eigenvalue weighted by Crippen LogP contribution is -2.46. The van der Waals surface area contributed by atoms with E-state index >= 15 is 0 Å². The first kappa shape index (κ1) is 18.0. The van der Waals surface area contributed by atoms with Crippen molar-refractivity contribution in [3.63, 3.8) is 0 Å². The van der Waals surface area contributed by atoms with E-state index in [9.17, 15) is 9.59 Å². The number of hydrogen-bond acceptors (Lipinski definition) is 4. The molecule has 7 nitrogen and oxygen atoms in total. The number of nitrogens with one attached hydrogen (secondary N) is 1. The summed E-state index contributed by atoms with van der Waals surface area (Å²) in [6, 6.07) is 3.38. The maximum atomic E-state index is 12.2. The van der Waals surface area contributed by atoms with Gasteiger partial charge in [0.1, 0.15) is 5.60 Å². The Morgan fingerprint density at radius 2 is 2.17 bits per heavy atom. The Balaban J connectivity index is 1.84. The zero-order valence-electron chi connectivity index (χ0n) is 14.4. The average Bonchev–Trinajstić information content (AvgIpc) is 2.52. The highest BCUT2D eigenvalue weighted by molar-refractivity contribution is 5.76. The molecule has 1 aliphatic rings. The number of carbonyl (C=O) groups excluding carboxylic acids is 1. The predicted octanol–water partition coefficient (Wildman–Crippen LogP) is 2.27. The molecule has 0 bridgehead atoms. The quantitative estimate of drug-likeness (QED) is 0.880. The Morgan fingerprint density at radius 1 is 1.42 bits per heavy atom. The molecule has 1 aliphatic heterocycles. The van der Waals surface area contributed by atoms with Crippen molar-refractivity contribution in [1.82, 2.24) is 15.2 Å². The number of hydrogen-bond donors (Lipinski definition) is 2. The van der Waals surface area contributed by atoms with E-state index in [1.54, 1.807) is 17.2 Å². The first-order valence-corrected chi connectivity index (χ1v) is 8.14. The summed E-state index contributed by atoms with van der Waals surface area (Å²) in [6.45, 7) is 7.04. The molecule has 1 aromatic heterocycles. The van der Waals surface area contributed by atoms with Gasteiger partial charge >= 0.3 is 12.0 Å². The summed E-state index contributed by atoms with van der Waals surface area (Å²) >= 11 is 0. The lowest BCUT2D eigenvalue weighted by Gasteiger charge is -2.30. The van der Waals surface area contributed by atoms with Gasteiger partial charge in [0, 0.05) is 31.9 Å². The number of aliphatic carboxylic acids is 1. The number of rotatable bonds is 4. The second-order valence-corrected chi connectivity index (χ2v) is 7.00. The highest BCUT2D eigenvalue weighted by Crippen LogP contribution is 2.17. The number of urea groups is 1. The fourth-order valence-electron chi connectivity index (χ4n) is 2.54. The molecule has 2 rings (SSSR count). The fourth-order valence-corrected chi connectivity index (χ4v) is 2.54. The van der Waals surface area contributed by atoms with E-state index < -0.39 is 11.9 Å². The van der Waals surface area contributed by atoms with Crippen LogP contribution in [0.3, 0.4) is 0 Å². The summed E-state index contributed by atoms with van der Waals surface area (Å²) < 4.78 is 5.65. The third kappa shape index (κ3) is 5.40. The normalized spacial score (nSPS) is 18.1. The summed E-state index contributed by atoms with van der Waals surface area (Å²) in [5.74, 6) is -0.774. The maximum Gasteiger partial charge on any atom is 0.317 e. The molecule has 1 atom stereocenters. The van der Waals surface area contributed by atoms with E-state index in [0.717, 1.165) is 5.56 Å². The molecule has 0 aromatic carbocycles. The van der Waals surface area contributed by atoms with E-state index in [1.807, 2.05) is 26.8 Å². The van der Waals surface area contributed by atoms with Crippen molar-refractivity contribution in [2.75, 3.05) is 13.1 Å². The average molecular weight is 335 g/mol. The number of piperidine rings is 1. The second kappa shape index (κ2) is 7.51. The van der Waals surface area contributed by atoms with Crippen LogP contribution in [0, 0.1) is 5.92 Å². The molecular formula is C17H25N3O4. The zero-order chi connectivity index (χ0) is 17.7. The van der Waals surface area contributed by atoms with Crippen LogP contribution in [-0.2, 0) is 11.3 Å². The molecule has 2 amide bonds. The lowest BCUT2D eigenvalue weighted by atomic mass is 9.99. The number of amides is 2. The maximum absolute atomic E-state index is 12.2. The zero-order valence-corrected chi connectivity index (χ0v) is 14.4. The van der Waals surface area contributed by atoms with E-state index in [-0.39, 0.29) is 18.2 Å². The van der Waals surface area contributed by atoms with E-state index in [4.69, 9.17) is 9.84 Å². The van der Waals surface area contributed by atoms with Gasteiger partial charge in [0.05, 0.1) is 5.92 Å². The van der Waals surface area contributed by atoms with Crippen LogP contribution in [0.5, 0.6) is 5.88 Å². The molecule has 0 spiro atoms. The van der Waals surface area contributed by atoms with Crippen molar-refractivity contribution in [3.05, 3.63) is 23.9 Å². The Labute approximate surface area is 142 Å². The number of likely N-dealkylation sites (tertiary alicyclic amines) is 1. The fraction of sp³-hybridized carbons (Fsp3) is 0.588. The van der Waals surface area contributed by atoms with E-state index in [0.29, 0.717) is 31.8 Å². The van der Waals surface area contributed by atoms with Crippen molar-refractivity contribution >= 4 is 12.0 Å². The van der Waals surface area contributed by atoms with Crippen molar-refractivity contribution in [1.29, 1.82) is 0 Å². The van der Waals surface area contributed by atoms with Gasteiger partial charge in [-0.05, 0) is 39.2 Å². The number of ether oxygens (including phenoxy) is 1. The van der Waals surface area contributed by atoms with Gasteiger partial charge in [-0.1, -0.05) is 6.07 Å². The Bertz CT molecular complexity index is 580. The van der Waals surface area contributed by atoms with Crippen LogP contribution in [0.15, 0.2) is 18.3 Å². The van der Waals surface area contributed by atoms with Gasteiger partial charge in [-0.2, -0.15) is 0 Å². The summed E-state index contributed by atoms with van der Waals surface area (Å²) in [4.78, 5) is 29.0. The van der Waals surface area contributed by atoms with Crippen LogP contribution < -0.4 is 10.1 Å². The van der Waals surface area contributed by atoms with Gasteiger partial charge in [0.25, 0.3) is 0 Å². The van der Waals surface area contributed by atoms with Gasteiger partial charge in [0.2, 0.25) is 5.88 Å². The summed E-state index contributed by atoms with van der Waals surface area (Å²) in [5, 5.41) is 11.9. The van der Waals surface area contributed by atoms with Crippen molar-refractivity contribution in [2.24, 2.45) is 5.92 Å². The Morgan fingerprint density at radius 3 is 2.75 bits per heavy atom. The highest BCUT2D eigenvalue weighted by atomic mass is 16.5. The second-order valence-electron chi connectivity index (χ2n) is 7.00. The number of carbonyl (C=O) groups is 2. The van der Waals surface area contributed by atoms with Gasteiger partial charge in [-0.3, -0.25) is 4.79 Å². The van der Waals surface area contributed by atoms with Crippen molar-refractivity contribution in [3.8, 4) is 5.88 Å². The third-order valence-electron chi connectivity index (χ3n) is 3.71. The number of nitrogens with zero attached hydrogens (tertiary/aromatic N) is 2. The molecule has 7 heteroatoms. The minimum absolute atomic E-state index is 0.240. The summed E-state index contributed by atoms with van der Waals surface area (Å²) in [5.41, 5.74) is 0.550. The van der Waals surface area contributed by atoms with Crippen LogP contribution >= 0.6 is 0 Å². The van der Waals surface area contributed by atoms with Gasteiger partial charge in [0.15, 0.2) is 0 Å². The van der Waals surface area contributed by atoms with E-state index in [2.05, 4.69) is 10.3 Å². The SMILES string of the molecule is CC(C)(C)Oc1ccc(CNC(=O)N2CCCC(C(=O)O)C2)cn1. The van der Waals surface area contributed by atoms with Crippen molar-refractivity contribution < 1.29 is 19.4 Å². The van der Waals surface area contributed by atoms with Gasteiger partial charge in [-0.25, -0.2) is 9.78 Å². The number of carboxylic acid groups (broad SMARTS) is 1. The topological polar surface area (TPSA) is 91.8 Å². The van der Waals surface area contributed by atoms with Crippen molar-refractivity contribution in [2.45, 2.75) is 45.8 Å². The Kier molecular flexibility index (Phi) is 5.64. The molecule has 1 unspecified atom stereocenters. The highest BCUT2D eigenvalue weighted by Gasteiger charge is 2.27. The molecular weight excluding hydrogens is 310 g/mol. The number of aromatic nitrogens is 1. The lowest BCUT2D eigenvalue weighted by molar-refractivity contribution is -0.143. The third-order valence-corrected chi connectivity index (χ3v) is 3.71. The smallest absolute Gasteiger partial charge is 0.317 e. The molecule has 132 valence electrons. The molecule has 0 aliphatic carbocycles. The van der Waals surface area contributed by atoms with Crippen LogP contribution in [-0.4, -0.2) is 45.7 Å². The standard InChI is InChI=1S/C17H25N3O4/c1-17(2,3)24-14-7-6-12(9-18-14)10-19-16(23)20-8-4-5-13(11-20)15(21)22/h6-7,9,13H,4-5,8,10-11H2,1-3H3,(H,19,23)(H,21,22). The predicted molar refractivity (Wildman–Crippen MR) is 88.8 cm³/mol. The molecule has 1 aromatic rings. The van der Waals surface area contributed by atoms with Crippen LogP contribution in [0.1, 0.15) is 39.2 Å². The van der Waals surface area contributed by atoms with E-state index in [1.165, 1.54) is 0 Å². The molecule has 24 heavy (non-hydrogen) atoms. The van der Waals surface area contributed by atoms with Crippen LogP contribution in [0.2, 0.25) is 0 Å². The molecule has 2 heterocycles. The monoisotopic (exact) mass is 335 g/mol.